The number of benzene rings is 1. The van der Waals surface area contributed by atoms with Gasteiger partial charge in [0.25, 0.3) is 0 Å². The minimum atomic E-state index is -1.08. The van der Waals surface area contributed by atoms with Gasteiger partial charge in [0.2, 0.25) is 0 Å². The molecular weight excluding hydrogens is 266 g/mol. The molecule has 0 amide bonds. The van der Waals surface area contributed by atoms with Crippen LogP contribution in [0.2, 0.25) is 0 Å². The van der Waals surface area contributed by atoms with Gasteiger partial charge in [0.15, 0.2) is 0 Å². The van der Waals surface area contributed by atoms with Crippen LogP contribution >= 0.6 is 0 Å². The Balaban J connectivity index is 2.42. The minimum Gasteiger partial charge on any atom is -0.468 e. The van der Waals surface area contributed by atoms with E-state index in [1.165, 1.54) is 7.11 Å². The molecule has 2 rings (SSSR count). The van der Waals surface area contributed by atoms with E-state index in [0.29, 0.717) is 6.42 Å². The largest absolute Gasteiger partial charge is 0.468 e. The summed E-state index contributed by atoms with van der Waals surface area (Å²) >= 11 is 0. The summed E-state index contributed by atoms with van der Waals surface area (Å²) in [5.41, 5.74) is -0.268. The van der Waals surface area contributed by atoms with E-state index in [4.69, 9.17) is 4.74 Å². The van der Waals surface area contributed by atoms with Crippen molar-refractivity contribution in [2.24, 2.45) is 5.92 Å². The van der Waals surface area contributed by atoms with Crippen molar-refractivity contribution in [1.82, 2.24) is 4.90 Å². The van der Waals surface area contributed by atoms with Gasteiger partial charge < -0.3 is 14.7 Å². The third kappa shape index (κ3) is 2.97. The van der Waals surface area contributed by atoms with Crippen molar-refractivity contribution in [3.63, 3.8) is 0 Å². The van der Waals surface area contributed by atoms with Crippen molar-refractivity contribution in [2.75, 3.05) is 20.7 Å². The molecule has 4 heteroatoms. The molecule has 1 aromatic rings. The lowest BCUT2D eigenvalue weighted by Crippen LogP contribution is -2.57. The van der Waals surface area contributed by atoms with Gasteiger partial charge in [-0.1, -0.05) is 37.3 Å². The molecule has 0 unspecified atom stereocenters. The van der Waals surface area contributed by atoms with Gasteiger partial charge in [-0.05, 0) is 31.9 Å². The Labute approximate surface area is 126 Å². The van der Waals surface area contributed by atoms with E-state index in [1.54, 1.807) is 0 Å². The maximum absolute atomic E-state index is 12.4. The van der Waals surface area contributed by atoms with E-state index in [-0.39, 0.29) is 17.9 Å². The number of piperidine rings is 1. The topological polar surface area (TPSA) is 49.8 Å². The van der Waals surface area contributed by atoms with Crippen LogP contribution in [0.15, 0.2) is 30.3 Å². The van der Waals surface area contributed by atoms with Crippen molar-refractivity contribution in [2.45, 2.75) is 37.8 Å². The summed E-state index contributed by atoms with van der Waals surface area (Å²) in [6, 6.07) is 9.67. The molecule has 4 nitrogen and oxygen atoms in total. The number of hydrogen-bond acceptors (Lipinski definition) is 4. The van der Waals surface area contributed by atoms with E-state index in [9.17, 15) is 9.90 Å². The number of ether oxygens (including phenoxy) is 1. The molecule has 0 saturated carbocycles. The van der Waals surface area contributed by atoms with Crippen molar-refractivity contribution < 1.29 is 14.6 Å². The molecule has 116 valence electrons. The van der Waals surface area contributed by atoms with Gasteiger partial charge in [-0.3, -0.25) is 4.79 Å². The minimum absolute atomic E-state index is 0.0111. The summed E-state index contributed by atoms with van der Waals surface area (Å²) in [5.74, 6) is -1.02. The summed E-state index contributed by atoms with van der Waals surface area (Å²) in [5, 5.41) is 11.3. The highest BCUT2D eigenvalue weighted by atomic mass is 16.5. The second kappa shape index (κ2) is 6.16. The molecule has 1 heterocycles. The molecule has 1 aliphatic rings. The van der Waals surface area contributed by atoms with Crippen LogP contribution in [0.3, 0.4) is 0 Å². The van der Waals surface area contributed by atoms with Gasteiger partial charge in [0, 0.05) is 12.6 Å². The van der Waals surface area contributed by atoms with Gasteiger partial charge in [0.1, 0.15) is 5.92 Å². The molecule has 1 fully saturated rings. The highest BCUT2D eigenvalue weighted by molar-refractivity contribution is 5.79. The Bertz CT molecular complexity index is 490. The Morgan fingerprint density at radius 1 is 1.38 bits per heavy atom. The Kier molecular flexibility index (Phi) is 4.69. The molecule has 1 aliphatic heterocycles. The van der Waals surface area contributed by atoms with Crippen LogP contribution in [0.1, 0.15) is 31.7 Å². The molecule has 0 aromatic heterocycles. The number of rotatable bonds is 3. The van der Waals surface area contributed by atoms with Gasteiger partial charge in [-0.2, -0.15) is 0 Å². The van der Waals surface area contributed by atoms with Crippen LogP contribution in [0.25, 0.3) is 0 Å². The lowest BCUT2D eigenvalue weighted by atomic mass is 9.68. The number of carbonyl (C=O) groups excluding carboxylic acids is 1. The Morgan fingerprint density at radius 2 is 2.00 bits per heavy atom. The predicted molar refractivity (Wildman–Crippen MR) is 82.0 cm³/mol. The average Bonchev–Trinajstić information content (AvgIpc) is 2.46. The van der Waals surface area contributed by atoms with Crippen LogP contribution in [0.4, 0.5) is 0 Å². The van der Waals surface area contributed by atoms with Crippen LogP contribution in [0, 0.1) is 5.92 Å². The number of carbonyl (C=O) groups is 1. The number of aliphatic hydroxyl groups is 1. The number of hydrogen-bond donors (Lipinski definition) is 1. The number of methoxy groups -OCH3 is 1. The van der Waals surface area contributed by atoms with Gasteiger partial charge >= 0.3 is 5.97 Å². The number of esters is 1. The second-order valence-electron chi connectivity index (χ2n) is 6.25. The smallest absolute Gasteiger partial charge is 0.316 e. The summed E-state index contributed by atoms with van der Waals surface area (Å²) < 4.78 is 4.98. The number of likely N-dealkylation sites (tertiary alicyclic amines) is 1. The second-order valence-corrected chi connectivity index (χ2v) is 6.25. The first-order valence-electron chi connectivity index (χ1n) is 7.45. The van der Waals surface area contributed by atoms with Crippen molar-refractivity contribution in [3.05, 3.63) is 35.9 Å². The zero-order chi connectivity index (χ0) is 15.6. The molecule has 1 aromatic carbocycles. The first-order chi connectivity index (χ1) is 9.90. The maximum Gasteiger partial charge on any atom is 0.316 e. The summed E-state index contributed by atoms with van der Waals surface area (Å²) in [7, 11) is 3.43. The Hall–Kier alpha value is -1.39. The third-order valence-corrected chi connectivity index (χ3v) is 4.86. The lowest BCUT2D eigenvalue weighted by molar-refractivity contribution is -0.159. The molecule has 21 heavy (non-hydrogen) atoms. The van der Waals surface area contributed by atoms with Gasteiger partial charge in [-0.15, -0.1) is 0 Å². The van der Waals surface area contributed by atoms with E-state index < -0.39 is 11.5 Å². The Morgan fingerprint density at radius 3 is 2.57 bits per heavy atom. The lowest BCUT2D eigenvalue weighted by Gasteiger charge is -2.48. The molecule has 1 N–H and O–H groups in total. The van der Waals surface area contributed by atoms with Crippen LogP contribution in [-0.2, 0) is 9.53 Å². The summed E-state index contributed by atoms with van der Waals surface area (Å²) in [6.07, 6.45) is 0.555. The highest BCUT2D eigenvalue weighted by Gasteiger charge is 2.50. The monoisotopic (exact) mass is 291 g/mol. The number of nitrogens with zero attached hydrogens (tertiary/aromatic N) is 1. The average molecular weight is 291 g/mol. The summed E-state index contributed by atoms with van der Waals surface area (Å²) in [4.78, 5) is 14.6. The van der Waals surface area contributed by atoms with E-state index in [0.717, 1.165) is 12.1 Å². The standard InChI is InChI=1S/C17H25NO3/c1-12-11-18(3)13(2)10-17(12,20)15(16(19)21-4)14-8-6-5-7-9-14/h5-9,12-13,15,20H,10-11H2,1-4H3/t12-,13+,15+,17-/m1/s1. The molecule has 0 aliphatic carbocycles. The fraction of sp³-hybridized carbons (Fsp3) is 0.588. The predicted octanol–water partition coefficient (Wildman–Crippen LogP) is 2.03. The summed E-state index contributed by atoms with van der Waals surface area (Å²) in [6.45, 7) is 4.84. The van der Waals surface area contributed by atoms with Gasteiger partial charge in [-0.25, -0.2) is 0 Å². The van der Waals surface area contributed by atoms with E-state index >= 15 is 0 Å². The molecule has 0 spiro atoms. The van der Waals surface area contributed by atoms with E-state index in [2.05, 4.69) is 18.9 Å². The quantitative estimate of drug-likeness (QED) is 0.866. The van der Waals surface area contributed by atoms with Gasteiger partial charge in [0.05, 0.1) is 12.7 Å². The van der Waals surface area contributed by atoms with Crippen LogP contribution < -0.4 is 0 Å². The fourth-order valence-electron chi connectivity index (χ4n) is 3.39. The van der Waals surface area contributed by atoms with Crippen LogP contribution in [0.5, 0.6) is 0 Å². The zero-order valence-electron chi connectivity index (χ0n) is 13.2. The van der Waals surface area contributed by atoms with Crippen molar-refractivity contribution >= 4 is 5.97 Å². The first kappa shape index (κ1) is 16.0. The highest BCUT2D eigenvalue weighted by Crippen LogP contribution is 2.42. The van der Waals surface area contributed by atoms with Crippen molar-refractivity contribution in [1.29, 1.82) is 0 Å². The maximum atomic E-state index is 12.4. The zero-order valence-corrected chi connectivity index (χ0v) is 13.2. The SMILES string of the molecule is COC(=O)[C@H](c1ccccc1)[C@@]1(O)C[C@H](C)N(C)C[C@H]1C. The molecule has 1 saturated heterocycles. The van der Waals surface area contributed by atoms with Crippen molar-refractivity contribution in [3.8, 4) is 0 Å². The van der Waals surface area contributed by atoms with E-state index in [1.807, 2.05) is 37.3 Å². The van der Waals surface area contributed by atoms with Crippen LogP contribution in [-0.4, -0.2) is 48.3 Å². The molecular formula is C17H25NO3. The fourth-order valence-corrected chi connectivity index (χ4v) is 3.39. The first-order valence-corrected chi connectivity index (χ1v) is 7.45. The molecule has 4 atom stereocenters. The molecule has 0 bridgehead atoms. The normalized spacial score (nSPS) is 31.7. The molecule has 0 radical (unpaired) electrons. The third-order valence-electron chi connectivity index (χ3n) is 4.86.